The zero-order valence-electron chi connectivity index (χ0n) is 18.0. The number of carbonyl (C=O) groups is 2. The van der Waals surface area contributed by atoms with Gasteiger partial charge in [0.05, 0.1) is 24.1 Å². The molecule has 4 rings (SSSR count). The lowest BCUT2D eigenvalue weighted by Crippen LogP contribution is -2.35. The second-order valence-corrected chi connectivity index (χ2v) is 9.92. The molecular formula is C23H25N3O5S. The molecule has 0 fully saturated rings. The Morgan fingerprint density at radius 1 is 1.09 bits per heavy atom. The van der Waals surface area contributed by atoms with Crippen LogP contribution in [-0.2, 0) is 32.4 Å². The topological polar surface area (TPSA) is 109 Å². The maximum atomic E-state index is 13.1. The van der Waals surface area contributed by atoms with Crippen molar-refractivity contribution in [3.05, 3.63) is 59.3 Å². The summed E-state index contributed by atoms with van der Waals surface area (Å²) < 4.78 is 31.9. The fourth-order valence-corrected chi connectivity index (χ4v) is 5.17. The van der Waals surface area contributed by atoms with Crippen LogP contribution < -0.4 is 5.32 Å². The molecule has 0 aliphatic heterocycles. The number of amides is 1. The van der Waals surface area contributed by atoms with Gasteiger partial charge in [0.1, 0.15) is 0 Å². The third-order valence-electron chi connectivity index (χ3n) is 5.73. The van der Waals surface area contributed by atoms with Gasteiger partial charge < -0.3 is 15.0 Å². The second kappa shape index (κ2) is 8.76. The molecule has 0 saturated heterocycles. The van der Waals surface area contributed by atoms with Crippen LogP contribution in [0.15, 0.2) is 47.4 Å². The Hall–Kier alpha value is -3.17. The predicted octanol–water partition coefficient (Wildman–Crippen LogP) is 3.09. The van der Waals surface area contributed by atoms with Crippen molar-refractivity contribution < 1.29 is 22.7 Å². The molecule has 0 saturated carbocycles. The van der Waals surface area contributed by atoms with Gasteiger partial charge in [-0.25, -0.2) is 13.2 Å². The van der Waals surface area contributed by atoms with Crippen molar-refractivity contribution in [3.8, 4) is 0 Å². The molecule has 3 aromatic rings. The number of H-pyrrole nitrogens is 1. The van der Waals surface area contributed by atoms with Crippen LogP contribution in [0.1, 0.15) is 34.5 Å². The SMILES string of the molecule is COC(=O)c1ccc(NC(=O)CN(C)S(=O)(=O)c2ccc3[nH]c4c(c3c2)CCCC4)cc1. The Morgan fingerprint density at radius 2 is 1.81 bits per heavy atom. The fraction of sp³-hybridized carbons (Fsp3) is 0.304. The highest BCUT2D eigenvalue weighted by atomic mass is 32.2. The maximum Gasteiger partial charge on any atom is 0.337 e. The number of likely N-dealkylation sites (N-methyl/N-ethyl adjacent to an activating group) is 1. The standard InChI is InChI=1S/C23H25N3O5S/c1-26(14-22(27)24-16-9-7-15(8-10-16)23(28)31-2)32(29,30)17-11-12-21-19(13-17)18-5-3-4-6-20(18)25-21/h7-13,25H,3-6,14H2,1-2H3,(H,24,27). The van der Waals surface area contributed by atoms with Gasteiger partial charge in [-0.2, -0.15) is 4.31 Å². The van der Waals surface area contributed by atoms with E-state index in [0.717, 1.165) is 40.9 Å². The number of fused-ring (bicyclic) bond motifs is 3. The number of nitrogens with one attached hydrogen (secondary N) is 2. The molecule has 9 heteroatoms. The number of hydrogen-bond donors (Lipinski definition) is 2. The Morgan fingerprint density at radius 3 is 2.53 bits per heavy atom. The third kappa shape index (κ3) is 4.26. The van der Waals surface area contributed by atoms with Gasteiger partial charge in [-0.1, -0.05) is 0 Å². The number of esters is 1. The molecule has 2 aromatic carbocycles. The molecule has 0 atom stereocenters. The summed E-state index contributed by atoms with van der Waals surface area (Å²) in [6, 6.07) is 11.2. The molecular weight excluding hydrogens is 430 g/mol. The Balaban J connectivity index is 1.48. The summed E-state index contributed by atoms with van der Waals surface area (Å²) in [6.45, 7) is -0.343. The van der Waals surface area contributed by atoms with E-state index in [1.807, 2.05) is 0 Å². The molecule has 32 heavy (non-hydrogen) atoms. The Kier molecular flexibility index (Phi) is 6.03. The van der Waals surface area contributed by atoms with Crippen LogP contribution in [0.3, 0.4) is 0 Å². The zero-order chi connectivity index (χ0) is 22.9. The summed E-state index contributed by atoms with van der Waals surface area (Å²) in [5.74, 6) is -0.962. The highest BCUT2D eigenvalue weighted by Crippen LogP contribution is 2.31. The number of rotatable bonds is 6. The van der Waals surface area contributed by atoms with Gasteiger partial charge in [-0.05, 0) is 73.7 Å². The number of aryl methyl sites for hydroxylation is 2. The number of methoxy groups -OCH3 is 1. The summed E-state index contributed by atoms with van der Waals surface area (Å²) in [6.07, 6.45) is 4.14. The van der Waals surface area contributed by atoms with Gasteiger partial charge >= 0.3 is 5.97 Å². The lowest BCUT2D eigenvalue weighted by Gasteiger charge is -2.17. The van der Waals surface area contributed by atoms with E-state index in [4.69, 9.17) is 0 Å². The minimum Gasteiger partial charge on any atom is -0.465 e. The molecule has 0 unspecified atom stereocenters. The van der Waals surface area contributed by atoms with E-state index < -0.39 is 21.9 Å². The average Bonchev–Trinajstić information content (AvgIpc) is 3.17. The average molecular weight is 456 g/mol. The maximum absolute atomic E-state index is 13.1. The first-order valence-corrected chi connectivity index (χ1v) is 11.8. The second-order valence-electron chi connectivity index (χ2n) is 7.87. The van der Waals surface area contributed by atoms with E-state index in [1.54, 1.807) is 30.3 Å². The number of benzene rings is 2. The molecule has 8 nitrogen and oxygen atoms in total. The fourth-order valence-electron chi connectivity index (χ4n) is 4.02. The largest absolute Gasteiger partial charge is 0.465 e. The number of nitrogens with zero attached hydrogens (tertiary/aromatic N) is 1. The first kappa shape index (κ1) is 22.0. The third-order valence-corrected chi connectivity index (χ3v) is 7.53. The number of hydrogen-bond acceptors (Lipinski definition) is 5. The van der Waals surface area contributed by atoms with E-state index >= 15 is 0 Å². The summed E-state index contributed by atoms with van der Waals surface area (Å²) in [4.78, 5) is 27.5. The number of sulfonamides is 1. The Bertz CT molecular complexity index is 1280. The molecule has 1 aliphatic carbocycles. The van der Waals surface area contributed by atoms with E-state index in [1.165, 1.54) is 37.5 Å². The van der Waals surface area contributed by atoms with Crippen LogP contribution in [-0.4, -0.2) is 50.3 Å². The lowest BCUT2D eigenvalue weighted by atomic mass is 9.96. The van der Waals surface area contributed by atoms with Crippen LogP contribution in [0.25, 0.3) is 10.9 Å². The number of anilines is 1. The van der Waals surface area contributed by atoms with Gasteiger partial charge in [-0.3, -0.25) is 4.79 Å². The van der Waals surface area contributed by atoms with Crippen LogP contribution in [0.5, 0.6) is 0 Å². The summed E-state index contributed by atoms with van der Waals surface area (Å²) in [5, 5.41) is 3.58. The van der Waals surface area contributed by atoms with Crippen LogP contribution >= 0.6 is 0 Å². The predicted molar refractivity (Wildman–Crippen MR) is 121 cm³/mol. The van der Waals surface area contributed by atoms with Crippen LogP contribution in [0.2, 0.25) is 0 Å². The number of aromatic nitrogens is 1. The van der Waals surface area contributed by atoms with Crippen molar-refractivity contribution in [2.24, 2.45) is 0 Å². The summed E-state index contributed by atoms with van der Waals surface area (Å²) in [7, 11) is -1.18. The normalized spacial score (nSPS) is 13.7. The van der Waals surface area contributed by atoms with Crippen molar-refractivity contribution in [1.82, 2.24) is 9.29 Å². The molecule has 1 amide bonds. The van der Waals surface area contributed by atoms with Crippen molar-refractivity contribution >= 4 is 38.5 Å². The molecule has 0 radical (unpaired) electrons. The van der Waals surface area contributed by atoms with E-state index in [2.05, 4.69) is 15.0 Å². The molecule has 0 bridgehead atoms. The number of carbonyl (C=O) groups excluding carboxylic acids is 2. The van der Waals surface area contributed by atoms with Gasteiger partial charge in [0.15, 0.2) is 0 Å². The first-order valence-electron chi connectivity index (χ1n) is 10.4. The lowest BCUT2D eigenvalue weighted by molar-refractivity contribution is -0.116. The van der Waals surface area contributed by atoms with Crippen LogP contribution in [0.4, 0.5) is 5.69 Å². The van der Waals surface area contributed by atoms with Crippen LogP contribution in [0, 0.1) is 0 Å². The van der Waals surface area contributed by atoms with Crippen molar-refractivity contribution in [2.75, 3.05) is 26.0 Å². The smallest absolute Gasteiger partial charge is 0.337 e. The zero-order valence-corrected chi connectivity index (χ0v) is 18.8. The molecule has 0 spiro atoms. The van der Waals surface area contributed by atoms with Crippen molar-refractivity contribution in [2.45, 2.75) is 30.6 Å². The van der Waals surface area contributed by atoms with Crippen molar-refractivity contribution in [3.63, 3.8) is 0 Å². The van der Waals surface area contributed by atoms with E-state index in [9.17, 15) is 18.0 Å². The molecule has 1 aliphatic rings. The minimum absolute atomic E-state index is 0.162. The van der Waals surface area contributed by atoms with Gasteiger partial charge in [0, 0.05) is 29.3 Å². The minimum atomic E-state index is -3.85. The molecule has 1 aromatic heterocycles. The van der Waals surface area contributed by atoms with E-state index in [0.29, 0.717) is 11.3 Å². The first-order chi connectivity index (χ1) is 15.3. The molecule has 168 valence electrons. The summed E-state index contributed by atoms with van der Waals surface area (Å²) in [5.41, 5.74) is 4.12. The molecule has 2 N–H and O–H groups in total. The summed E-state index contributed by atoms with van der Waals surface area (Å²) >= 11 is 0. The van der Waals surface area contributed by atoms with Gasteiger partial charge in [0.25, 0.3) is 0 Å². The monoisotopic (exact) mass is 455 g/mol. The van der Waals surface area contributed by atoms with E-state index in [-0.39, 0.29) is 11.4 Å². The quantitative estimate of drug-likeness (QED) is 0.555. The highest BCUT2D eigenvalue weighted by molar-refractivity contribution is 7.89. The van der Waals surface area contributed by atoms with Gasteiger partial charge in [0.2, 0.25) is 15.9 Å². The molecule has 1 heterocycles. The van der Waals surface area contributed by atoms with Crippen molar-refractivity contribution in [1.29, 1.82) is 0 Å². The highest BCUT2D eigenvalue weighted by Gasteiger charge is 2.25. The van der Waals surface area contributed by atoms with Gasteiger partial charge in [-0.15, -0.1) is 0 Å². The number of ether oxygens (including phenoxy) is 1. The number of aromatic amines is 1. The Labute approximate surface area is 186 Å².